The maximum atomic E-state index is 12.3. The van der Waals surface area contributed by atoms with Crippen molar-refractivity contribution in [1.29, 1.82) is 0 Å². The van der Waals surface area contributed by atoms with Crippen LogP contribution >= 0.6 is 0 Å². The van der Waals surface area contributed by atoms with Gasteiger partial charge in [-0.2, -0.15) is 0 Å². The standard InChI is InChI=1S/C19H29N3O2/c1-20-12-5-13-21-19(24)17-10-14-22(15-11-17)18(23)9-8-16-6-3-2-4-7-16/h2-4,6-7,17,20H,5,8-15H2,1H3,(H,21,24). The predicted molar refractivity (Wildman–Crippen MR) is 95.6 cm³/mol. The lowest BCUT2D eigenvalue weighted by Crippen LogP contribution is -2.43. The maximum absolute atomic E-state index is 12.3. The second-order valence-corrected chi connectivity index (χ2v) is 6.39. The quantitative estimate of drug-likeness (QED) is 0.711. The first kappa shape index (κ1) is 18.5. The number of carbonyl (C=O) groups is 2. The zero-order valence-electron chi connectivity index (χ0n) is 14.6. The van der Waals surface area contributed by atoms with Crippen LogP contribution in [0, 0.1) is 5.92 Å². The van der Waals surface area contributed by atoms with Crippen molar-refractivity contribution in [3.8, 4) is 0 Å². The number of benzene rings is 1. The third kappa shape index (κ3) is 5.96. The molecule has 0 aliphatic carbocycles. The van der Waals surface area contributed by atoms with Crippen LogP contribution < -0.4 is 10.6 Å². The minimum absolute atomic E-state index is 0.0535. The number of amides is 2. The van der Waals surface area contributed by atoms with Crippen LogP contribution in [-0.4, -0.2) is 49.9 Å². The molecule has 5 heteroatoms. The molecule has 1 aromatic rings. The Balaban J connectivity index is 1.66. The second-order valence-electron chi connectivity index (χ2n) is 6.39. The summed E-state index contributed by atoms with van der Waals surface area (Å²) in [7, 11) is 1.91. The van der Waals surface area contributed by atoms with Crippen LogP contribution in [0.4, 0.5) is 0 Å². The van der Waals surface area contributed by atoms with Crippen molar-refractivity contribution < 1.29 is 9.59 Å². The first-order chi connectivity index (χ1) is 11.7. The molecule has 1 saturated heterocycles. The van der Waals surface area contributed by atoms with Crippen molar-refractivity contribution in [2.24, 2.45) is 5.92 Å². The van der Waals surface area contributed by atoms with Gasteiger partial charge < -0.3 is 15.5 Å². The molecule has 2 N–H and O–H groups in total. The summed E-state index contributed by atoms with van der Waals surface area (Å²) in [6.07, 6.45) is 3.82. The van der Waals surface area contributed by atoms with Crippen LogP contribution in [0.5, 0.6) is 0 Å². The van der Waals surface area contributed by atoms with Crippen molar-refractivity contribution in [1.82, 2.24) is 15.5 Å². The van der Waals surface area contributed by atoms with Crippen molar-refractivity contribution in [2.45, 2.75) is 32.1 Å². The highest BCUT2D eigenvalue weighted by molar-refractivity contribution is 5.80. The molecule has 132 valence electrons. The van der Waals surface area contributed by atoms with E-state index in [1.807, 2.05) is 30.1 Å². The third-order valence-corrected chi connectivity index (χ3v) is 4.59. The van der Waals surface area contributed by atoms with Gasteiger partial charge in [0.25, 0.3) is 0 Å². The van der Waals surface area contributed by atoms with E-state index in [1.54, 1.807) is 0 Å². The Bertz CT molecular complexity index is 511. The van der Waals surface area contributed by atoms with Gasteiger partial charge in [0.15, 0.2) is 0 Å². The number of hydrogen-bond donors (Lipinski definition) is 2. The van der Waals surface area contributed by atoms with Gasteiger partial charge in [-0.25, -0.2) is 0 Å². The fourth-order valence-electron chi connectivity index (χ4n) is 3.07. The van der Waals surface area contributed by atoms with Crippen LogP contribution in [-0.2, 0) is 16.0 Å². The van der Waals surface area contributed by atoms with E-state index in [0.717, 1.165) is 38.8 Å². The molecule has 5 nitrogen and oxygen atoms in total. The molecule has 0 bridgehead atoms. The molecule has 0 radical (unpaired) electrons. The van der Waals surface area contributed by atoms with Gasteiger partial charge in [0.05, 0.1) is 0 Å². The predicted octanol–water partition coefficient (Wildman–Crippen LogP) is 1.58. The Morgan fingerprint density at radius 1 is 1.12 bits per heavy atom. The monoisotopic (exact) mass is 331 g/mol. The van der Waals surface area contributed by atoms with E-state index >= 15 is 0 Å². The lowest BCUT2D eigenvalue weighted by molar-refractivity contribution is -0.135. The first-order valence-electron chi connectivity index (χ1n) is 8.94. The topological polar surface area (TPSA) is 61.4 Å². The molecule has 2 amide bonds. The van der Waals surface area contributed by atoms with E-state index in [2.05, 4.69) is 22.8 Å². The minimum atomic E-state index is 0.0535. The summed E-state index contributed by atoms with van der Waals surface area (Å²) >= 11 is 0. The molecule has 1 aliphatic heterocycles. The maximum Gasteiger partial charge on any atom is 0.223 e. The molecule has 1 aromatic carbocycles. The van der Waals surface area contributed by atoms with E-state index < -0.39 is 0 Å². The van der Waals surface area contributed by atoms with Crippen molar-refractivity contribution >= 4 is 11.8 Å². The summed E-state index contributed by atoms with van der Waals surface area (Å²) < 4.78 is 0. The molecule has 1 aliphatic rings. The van der Waals surface area contributed by atoms with Gasteiger partial charge in [-0.1, -0.05) is 30.3 Å². The summed E-state index contributed by atoms with van der Waals surface area (Å²) in [5.41, 5.74) is 1.20. The molecule has 1 fully saturated rings. The number of nitrogens with zero attached hydrogens (tertiary/aromatic N) is 1. The smallest absolute Gasteiger partial charge is 0.223 e. The average Bonchev–Trinajstić information content (AvgIpc) is 2.64. The number of rotatable bonds is 8. The normalized spacial score (nSPS) is 15.3. The van der Waals surface area contributed by atoms with Crippen LogP contribution in [0.15, 0.2) is 30.3 Å². The van der Waals surface area contributed by atoms with E-state index in [1.165, 1.54) is 5.56 Å². The minimum Gasteiger partial charge on any atom is -0.356 e. The summed E-state index contributed by atoms with van der Waals surface area (Å²) in [5.74, 6) is 0.395. The van der Waals surface area contributed by atoms with Gasteiger partial charge in [0, 0.05) is 32.0 Å². The lowest BCUT2D eigenvalue weighted by Gasteiger charge is -2.31. The fourth-order valence-corrected chi connectivity index (χ4v) is 3.07. The number of likely N-dealkylation sites (tertiary alicyclic amines) is 1. The number of carbonyl (C=O) groups excluding carboxylic acids is 2. The highest BCUT2D eigenvalue weighted by Gasteiger charge is 2.26. The summed E-state index contributed by atoms with van der Waals surface area (Å²) in [4.78, 5) is 26.3. The Hall–Kier alpha value is -1.88. The fraction of sp³-hybridized carbons (Fsp3) is 0.579. The zero-order valence-corrected chi connectivity index (χ0v) is 14.6. The SMILES string of the molecule is CNCCCNC(=O)C1CCN(C(=O)CCc2ccccc2)CC1. The van der Waals surface area contributed by atoms with Crippen LogP contribution in [0.2, 0.25) is 0 Å². The average molecular weight is 331 g/mol. The molecule has 0 saturated carbocycles. The molecule has 24 heavy (non-hydrogen) atoms. The molecule has 0 aromatic heterocycles. The highest BCUT2D eigenvalue weighted by atomic mass is 16.2. The molecule has 0 unspecified atom stereocenters. The Labute approximate surface area is 144 Å². The molecular weight excluding hydrogens is 302 g/mol. The molecular formula is C19H29N3O2. The molecule has 0 spiro atoms. The number of hydrogen-bond acceptors (Lipinski definition) is 3. The van der Waals surface area contributed by atoms with Crippen molar-refractivity contribution in [2.75, 3.05) is 33.2 Å². The Morgan fingerprint density at radius 2 is 1.83 bits per heavy atom. The van der Waals surface area contributed by atoms with Gasteiger partial charge >= 0.3 is 0 Å². The van der Waals surface area contributed by atoms with Gasteiger partial charge in [-0.05, 0) is 44.8 Å². The molecule has 2 rings (SSSR count). The summed E-state index contributed by atoms with van der Waals surface area (Å²) in [6.45, 7) is 3.02. The Kier molecular flexibility index (Phi) is 7.75. The van der Waals surface area contributed by atoms with Crippen LogP contribution in [0.3, 0.4) is 0 Å². The Morgan fingerprint density at radius 3 is 2.50 bits per heavy atom. The highest BCUT2D eigenvalue weighted by Crippen LogP contribution is 2.18. The van der Waals surface area contributed by atoms with Gasteiger partial charge in [0.1, 0.15) is 0 Å². The second kappa shape index (κ2) is 10.1. The van der Waals surface area contributed by atoms with E-state index in [-0.39, 0.29) is 17.7 Å². The largest absolute Gasteiger partial charge is 0.356 e. The van der Waals surface area contributed by atoms with Gasteiger partial charge in [0.2, 0.25) is 11.8 Å². The van der Waals surface area contributed by atoms with E-state index in [4.69, 9.17) is 0 Å². The van der Waals surface area contributed by atoms with Crippen molar-refractivity contribution in [3.63, 3.8) is 0 Å². The summed E-state index contributed by atoms with van der Waals surface area (Å²) in [6, 6.07) is 10.1. The zero-order chi connectivity index (χ0) is 17.2. The van der Waals surface area contributed by atoms with Gasteiger partial charge in [-0.15, -0.1) is 0 Å². The molecule has 0 atom stereocenters. The molecule has 1 heterocycles. The van der Waals surface area contributed by atoms with Crippen molar-refractivity contribution in [3.05, 3.63) is 35.9 Å². The van der Waals surface area contributed by atoms with Crippen LogP contribution in [0.25, 0.3) is 0 Å². The van der Waals surface area contributed by atoms with E-state index in [9.17, 15) is 9.59 Å². The third-order valence-electron chi connectivity index (χ3n) is 4.59. The first-order valence-corrected chi connectivity index (χ1v) is 8.94. The number of piperidine rings is 1. The van der Waals surface area contributed by atoms with Crippen LogP contribution in [0.1, 0.15) is 31.2 Å². The number of nitrogens with one attached hydrogen (secondary N) is 2. The van der Waals surface area contributed by atoms with Gasteiger partial charge in [-0.3, -0.25) is 9.59 Å². The lowest BCUT2D eigenvalue weighted by atomic mass is 9.95. The van der Waals surface area contributed by atoms with E-state index in [0.29, 0.717) is 19.5 Å². The summed E-state index contributed by atoms with van der Waals surface area (Å²) in [5, 5.41) is 6.06. The number of aryl methyl sites for hydroxylation is 1.